The van der Waals surface area contributed by atoms with Crippen molar-refractivity contribution >= 4 is 48.2 Å². The van der Waals surface area contributed by atoms with Gasteiger partial charge < -0.3 is 15.5 Å². The van der Waals surface area contributed by atoms with Crippen molar-refractivity contribution in [1.82, 2.24) is 20.2 Å². The zero-order chi connectivity index (χ0) is 24.3. The van der Waals surface area contributed by atoms with Crippen molar-refractivity contribution in [2.24, 2.45) is 0 Å². The molecule has 0 atom stereocenters. The van der Waals surface area contributed by atoms with E-state index in [2.05, 4.69) is 20.2 Å². The molecule has 0 radical (unpaired) electrons. The zero-order valence-corrected chi connectivity index (χ0v) is 19.2. The van der Waals surface area contributed by atoms with Crippen LogP contribution in [0.1, 0.15) is 12.8 Å². The van der Waals surface area contributed by atoms with Crippen molar-refractivity contribution in [3.05, 3.63) is 58.9 Å². The van der Waals surface area contributed by atoms with Crippen LogP contribution in [0.15, 0.2) is 47.5 Å². The summed E-state index contributed by atoms with van der Waals surface area (Å²) in [6, 6.07) is 8.18. The molecule has 35 heavy (non-hydrogen) atoms. The lowest BCUT2D eigenvalue weighted by atomic mass is 9.95. The van der Waals surface area contributed by atoms with Crippen LogP contribution < -0.4 is 16.0 Å². The van der Waals surface area contributed by atoms with Crippen molar-refractivity contribution in [2.45, 2.75) is 18.9 Å². The van der Waals surface area contributed by atoms with E-state index in [0.717, 1.165) is 0 Å². The molecule has 1 saturated heterocycles. The van der Waals surface area contributed by atoms with Gasteiger partial charge in [-0.2, -0.15) is 5.10 Å². The molecule has 5 aromatic rings. The minimum absolute atomic E-state index is 0.0236. The average Bonchev–Trinajstić information content (AvgIpc) is 3.34. The Hall–Kier alpha value is -3.99. The number of anilines is 1. The van der Waals surface area contributed by atoms with Crippen LogP contribution in [0.5, 0.6) is 5.75 Å². The Morgan fingerprint density at radius 1 is 1.09 bits per heavy atom. The molecule has 1 aliphatic heterocycles. The van der Waals surface area contributed by atoms with E-state index in [0.29, 0.717) is 56.9 Å². The first-order valence-electron chi connectivity index (χ1n) is 11.0. The number of nitrogens with zero attached hydrogens (tertiary/aromatic N) is 2. The highest BCUT2D eigenvalue weighted by atomic mass is 32.2. The van der Waals surface area contributed by atoms with Gasteiger partial charge in [0.1, 0.15) is 34.4 Å². The molecule has 2 aromatic carbocycles. The van der Waals surface area contributed by atoms with Gasteiger partial charge in [0.05, 0.1) is 23.2 Å². The van der Waals surface area contributed by atoms with Crippen molar-refractivity contribution < 1.29 is 17.5 Å². The Kier molecular flexibility index (Phi) is 4.78. The van der Waals surface area contributed by atoms with Crippen molar-refractivity contribution in [1.29, 1.82) is 0 Å². The molecule has 3 aromatic heterocycles. The van der Waals surface area contributed by atoms with Gasteiger partial charge in [0.25, 0.3) is 5.56 Å². The molecule has 11 heteroatoms. The van der Waals surface area contributed by atoms with Crippen molar-refractivity contribution in [2.75, 3.05) is 17.2 Å². The second-order valence-electron chi connectivity index (χ2n) is 8.66. The number of nitrogen functional groups attached to an aromatic ring is 1. The van der Waals surface area contributed by atoms with Crippen LogP contribution in [0, 0.1) is 5.82 Å². The first-order chi connectivity index (χ1) is 16.8. The fourth-order valence-corrected chi connectivity index (χ4v) is 6.21. The SMILES string of the molecule is Nc1c(-c2ccc(F)c3[nH]ncc23)c2cc(OC3CCS(=O)(=O)CC3)c3ncccc3c2[nH]c1=O. The molecule has 178 valence electrons. The number of rotatable bonds is 3. The number of aromatic nitrogens is 4. The monoisotopic (exact) mass is 493 g/mol. The Labute approximate surface area is 198 Å². The Bertz CT molecular complexity index is 1800. The summed E-state index contributed by atoms with van der Waals surface area (Å²) < 4.78 is 44.4. The fourth-order valence-electron chi connectivity index (χ4n) is 4.76. The van der Waals surface area contributed by atoms with E-state index in [1.807, 2.05) is 6.07 Å². The second kappa shape index (κ2) is 7.77. The van der Waals surface area contributed by atoms with E-state index in [4.69, 9.17) is 10.5 Å². The third kappa shape index (κ3) is 3.50. The predicted octanol–water partition coefficient (Wildman–Crippen LogP) is 3.30. The lowest BCUT2D eigenvalue weighted by Crippen LogP contribution is -2.30. The molecule has 1 aliphatic rings. The smallest absolute Gasteiger partial charge is 0.272 e. The summed E-state index contributed by atoms with van der Waals surface area (Å²) in [7, 11) is -3.05. The molecule has 0 aliphatic carbocycles. The molecule has 4 N–H and O–H groups in total. The van der Waals surface area contributed by atoms with Crippen molar-refractivity contribution in [3.8, 4) is 16.9 Å². The van der Waals surface area contributed by atoms with Crippen LogP contribution in [0.3, 0.4) is 0 Å². The van der Waals surface area contributed by atoms with E-state index < -0.39 is 21.2 Å². The molecule has 6 rings (SSSR count). The van der Waals surface area contributed by atoms with Gasteiger partial charge in [-0.25, -0.2) is 12.8 Å². The molecule has 0 bridgehead atoms. The van der Waals surface area contributed by atoms with Crippen molar-refractivity contribution in [3.63, 3.8) is 0 Å². The van der Waals surface area contributed by atoms with Crippen LogP contribution >= 0.6 is 0 Å². The Morgan fingerprint density at radius 3 is 2.69 bits per heavy atom. The summed E-state index contributed by atoms with van der Waals surface area (Å²) in [6.45, 7) is 0. The number of nitrogens with one attached hydrogen (secondary N) is 2. The lowest BCUT2D eigenvalue weighted by Gasteiger charge is -2.24. The van der Waals surface area contributed by atoms with Gasteiger partial charge in [-0.15, -0.1) is 0 Å². The summed E-state index contributed by atoms with van der Waals surface area (Å²) in [5.41, 5.74) is 8.02. The van der Waals surface area contributed by atoms with Crippen LogP contribution in [0.4, 0.5) is 10.1 Å². The molecule has 0 unspecified atom stereocenters. The number of sulfone groups is 1. The van der Waals surface area contributed by atoms with Gasteiger partial charge in [0, 0.05) is 27.9 Å². The summed E-state index contributed by atoms with van der Waals surface area (Å²) >= 11 is 0. The second-order valence-corrected chi connectivity index (χ2v) is 11.0. The molecule has 9 nitrogen and oxygen atoms in total. The standard InChI is InChI=1S/C24H20FN5O4S/c25-17-4-3-13(16-11-28-30-22(16)17)19-15-10-18(34-12-5-8-35(32,33)9-6-12)23-14(2-1-7-27-23)21(15)29-24(31)20(19)26/h1-4,7,10-12H,5-6,8-9,26H2,(H,28,30)(H,29,31). The highest BCUT2D eigenvalue weighted by Crippen LogP contribution is 2.41. The number of benzene rings is 2. The van der Waals surface area contributed by atoms with Crippen LogP contribution in [0.25, 0.3) is 43.8 Å². The maximum Gasteiger partial charge on any atom is 0.272 e. The summed E-state index contributed by atoms with van der Waals surface area (Å²) in [5.74, 6) is 0.113. The van der Waals surface area contributed by atoms with E-state index >= 15 is 0 Å². The minimum Gasteiger partial charge on any atom is -0.488 e. The minimum atomic E-state index is -3.05. The van der Waals surface area contributed by atoms with E-state index in [9.17, 15) is 17.6 Å². The third-order valence-corrected chi connectivity index (χ3v) is 8.22. The Balaban J connectivity index is 1.63. The van der Waals surface area contributed by atoms with Gasteiger partial charge in [-0.05, 0) is 42.7 Å². The molecule has 0 amide bonds. The van der Waals surface area contributed by atoms with Crippen LogP contribution in [0.2, 0.25) is 0 Å². The number of pyridine rings is 2. The highest BCUT2D eigenvalue weighted by Gasteiger charge is 2.26. The molecule has 0 spiro atoms. The third-order valence-electron chi connectivity index (χ3n) is 6.51. The fraction of sp³-hybridized carbons (Fsp3) is 0.208. The number of H-pyrrole nitrogens is 2. The molecule has 4 heterocycles. The van der Waals surface area contributed by atoms with E-state index in [1.54, 1.807) is 24.4 Å². The number of halogens is 1. The topological polar surface area (TPSA) is 144 Å². The van der Waals surface area contributed by atoms with E-state index in [-0.39, 0.29) is 28.8 Å². The van der Waals surface area contributed by atoms with Crippen LogP contribution in [-0.2, 0) is 9.84 Å². The zero-order valence-electron chi connectivity index (χ0n) is 18.3. The summed E-state index contributed by atoms with van der Waals surface area (Å²) in [4.78, 5) is 20.2. The summed E-state index contributed by atoms with van der Waals surface area (Å²) in [5, 5.41) is 8.33. The van der Waals surface area contributed by atoms with Gasteiger partial charge in [-0.1, -0.05) is 6.07 Å². The number of ether oxygens (including phenoxy) is 1. The normalized spacial score (nSPS) is 16.3. The van der Waals surface area contributed by atoms with Crippen LogP contribution in [-0.4, -0.2) is 46.2 Å². The molecule has 0 saturated carbocycles. The maximum atomic E-state index is 14.4. The summed E-state index contributed by atoms with van der Waals surface area (Å²) in [6.07, 6.45) is 3.57. The molecular weight excluding hydrogens is 473 g/mol. The van der Waals surface area contributed by atoms with Gasteiger partial charge in [0.2, 0.25) is 0 Å². The number of fused-ring (bicyclic) bond motifs is 4. The lowest BCUT2D eigenvalue weighted by molar-refractivity contribution is 0.192. The highest BCUT2D eigenvalue weighted by molar-refractivity contribution is 7.91. The van der Waals surface area contributed by atoms with Gasteiger partial charge >= 0.3 is 0 Å². The number of aromatic amines is 2. The largest absolute Gasteiger partial charge is 0.488 e. The van der Waals surface area contributed by atoms with Gasteiger partial charge in [-0.3, -0.25) is 14.9 Å². The quantitative estimate of drug-likeness (QED) is 0.327. The predicted molar refractivity (Wildman–Crippen MR) is 132 cm³/mol. The number of hydrogen-bond acceptors (Lipinski definition) is 7. The maximum absolute atomic E-state index is 14.4. The number of nitrogens with two attached hydrogens (primary N) is 1. The first kappa shape index (κ1) is 21.5. The molecule has 1 fully saturated rings. The van der Waals surface area contributed by atoms with Gasteiger partial charge in [0.15, 0.2) is 9.84 Å². The number of hydrogen-bond donors (Lipinski definition) is 3. The first-order valence-corrected chi connectivity index (χ1v) is 12.9. The Morgan fingerprint density at radius 2 is 1.89 bits per heavy atom. The molecular formula is C24H20FN5O4S. The van der Waals surface area contributed by atoms with E-state index in [1.165, 1.54) is 12.3 Å². The average molecular weight is 494 g/mol.